The summed E-state index contributed by atoms with van der Waals surface area (Å²) in [4.78, 5) is 3.97. The molecule has 0 saturated carbocycles. The van der Waals surface area contributed by atoms with Crippen LogP contribution in [0.1, 0.15) is 42.2 Å². The molecule has 1 fully saturated rings. The number of hydrogen-bond acceptors (Lipinski definition) is 2. The third-order valence-corrected chi connectivity index (χ3v) is 4.98. The van der Waals surface area contributed by atoms with E-state index in [1.165, 1.54) is 36.6 Å². The topological polar surface area (TPSA) is 3.24 Å². The van der Waals surface area contributed by atoms with Crippen molar-refractivity contribution in [3.05, 3.63) is 58.0 Å². The summed E-state index contributed by atoms with van der Waals surface area (Å²) in [6.45, 7) is 1.96. The molecule has 2 heterocycles. The molecule has 1 saturated heterocycles. The van der Waals surface area contributed by atoms with Gasteiger partial charge >= 0.3 is 0 Å². The second kappa shape index (κ2) is 6.51. The van der Waals surface area contributed by atoms with E-state index in [1.807, 2.05) is 23.5 Å². The van der Waals surface area contributed by atoms with Crippen molar-refractivity contribution in [1.82, 2.24) is 4.90 Å². The minimum Gasteiger partial charge on any atom is -0.291 e. The highest BCUT2D eigenvalue weighted by molar-refractivity contribution is 7.10. The van der Waals surface area contributed by atoms with Gasteiger partial charge in [0.25, 0.3) is 0 Å². The van der Waals surface area contributed by atoms with Gasteiger partial charge in [-0.1, -0.05) is 31.0 Å². The van der Waals surface area contributed by atoms with E-state index in [0.717, 1.165) is 18.7 Å². The van der Waals surface area contributed by atoms with Crippen LogP contribution in [0, 0.1) is 5.82 Å². The zero-order chi connectivity index (χ0) is 13.8. The van der Waals surface area contributed by atoms with Crippen molar-refractivity contribution in [3.8, 4) is 0 Å². The summed E-state index contributed by atoms with van der Waals surface area (Å²) < 4.78 is 13.4. The molecule has 1 aliphatic rings. The maximum Gasteiger partial charge on any atom is 0.123 e. The molecule has 106 valence electrons. The first-order valence-electron chi connectivity index (χ1n) is 7.35. The molecule has 1 aliphatic heterocycles. The van der Waals surface area contributed by atoms with Crippen molar-refractivity contribution in [2.45, 2.75) is 38.3 Å². The lowest BCUT2D eigenvalue weighted by molar-refractivity contribution is 0.195. The molecule has 1 atom stereocenters. The lowest BCUT2D eigenvalue weighted by atomic mass is 10.1. The van der Waals surface area contributed by atoms with Gasteiger partial charge in [0.2, 0.25) is 0 Å². The molecule has 0 spiro atoms. The van der Waals surface area contributed by atoms with Crippen LogP contribution >= 0.6 is 11.3 Å². The standard InChI is InChI=1S/C17H20FNS/c18-15-7-4-6-14(12-15)13-19-10-3-1-2-8-16(19)17-9-5-11-20-17/h4-7,9,11-12,16H,1-3,8,10,13H2/t16-/m0/s1. The molecule has 3 rings (SSSR count). The van der Waals surface area contributed by atoms with Crippen LogP contribution < -0.4 is 0 Å². The fourth-order valence-corrected chi connectivity index (χ4v) is 3.93. The number of nitrogens with zero attached hydrogens (tertiary/aromatic N) is 1. The van der Waals surface area contributed by atoms with Gasteiger partial charge in [-0.3, -0.25) is 4.90 Å². The van der Waals surface area contributed by atoms with Crippen LogP contribution in [0.5, 0.6) is 0 Å². The number of thiophene rings is 1. The van der Waals surface area contributed by atoms with Gasteiger partial charge in [-0.2, -0.15) is 0 Å². The van der Waals surface area contributed by atoms with E-state index in [1.54, 1.807) is 6.07 Å². The SMILES string of the molecule is Fc1cccc(CN2CCCCC[C@H]2c2cccs2)c1. The van der Waals surface area contributed by atoms with Crippen LogP contribution in [-0.2, 0) is 6.54 Å². The predicted molar refractivity (Wildman–Crippen MR) is 82.3 cm³/mol. The summed E-state index contributed by atoms with van der Waals surface area (Å²) in [5.74, 6) is -0.134. The largest absolute Gasteiger partial charge is 0.291 e. The third kappa shape index (κ3) is 3.28. The van der Waals surface area contributed by atoms with Crippen LogP contribution in [0.4, 0.5) is 4.39 Å². The lowest BCUT2D eigenvalue weighted by Gasteiger charge is -2.29. The van der Waals surface area contributed by atoms with Gasteiger partial charge in [0.05, 0.1) is 0 Å². The van der Waals surface area contributed by atoms with Gasteiger partial charge in [0.15, 0.2) is 0 Å². The number of rotatable bonds is 3. The number of halogens is 1. The van der Waals surface area contributed by atoms with E-state index in [9.17, 15) is 4.39 Å². The van der Waals surface area contributed by atoms with Gasteiger partial charge in [-0.25, -0.2) is 4.39 Å². The summed E-state index contributed by atoms with van der Waals surface area (Å²) in [6.07, 6.45) is 5.07. The Morgan fingerprint density at radius 2 is 2.10 bits per heavy atom. The van der Waals surface area contributed by atoms with Gasteiger partial charge in [-0.05, 0) is 48.5 Å². The van der Waals surface area contributed by atoms with Crippen molar-refractivity contribution in [2.75, 3.05) is 6.54 Å². The quantitative estimate of drug-likeness (QED) is 0.768. The first kappa shape index (κ1) is 13.8. The first-order valence-corrected chi connectivity index (χ1v) is 8.23. The minimum absolute atomic E-state index is 0.134. The van der Waals surface area contributed by atoms with Crippen molar-refractivity contribution >= 4 is 11.3 Å². The normalized spacial score (nSPS) is 20.8. The van der Waals surface area contributed by atoms with E-state index in [0.29, 0.717) is 6.04 Å². The highest BCUT2D eigenvalue weighted by Crippen LogP contribution is 2.33. The summed E-state index contributed by atoms with van der Waals surface area (Å²) >= 11 is 1.84. The zero-order valence-corrected chi connectivity index (χ0v) is 12.4. The maximum atomic E-state index is 13.4. The number of benzene rings is 1. The Kier molecular flexibility index (Phi) is 4.48. The highest BCUT2D eigenvalue weighted by Gasteiger charge is 2.23. The summed E-state index contributed by atoms with van der Waals surface area (Å²) in [6, 6.07) is 11.9. The van der Waals surface area contributed by atoms with Gasteiger partial charge in [-0.15, -0.1) is 11.3 Å². The fraction of sp³-hybridized carbons (Fsp3) is 0.412. The van der Waals surface area contributed by atoms with Crippen molar-refractivity contribution in [1.29, 1.82) is 0 Å². The van der Waals surface area contributed by atoms with E-state index in [2.05, 4.69) is 22.4 Å². The average Bonchev–Trinajstić information content (AvgIpc) is 2.87. The molecule has 0 bridgehead atoms. The first-order chi connectivity index (χ1) is 9.83. The molecular formula is C17H20FNS. The van der Waals surface area contributed by atoms with Crippen molar-refractivity contribution in [3.63, 3.8) is 0 Å². The molecule has 20 heavy (non-hydrogen) atoms. The molecule has 1 aromatic heterocycles. The molecule has 1 nitrogen and oxygen atoms in total. The molecule has 0 aliphatic carbocycles. The van der Waals surface area contributed by atoms with E-state index < -0.39 is 0 Å². The number of likely N-dealkylation sites (tertiary alicyclic amines) is 1. The third-order valence-electron chi connectivity index (χ3n) is 4.01. The predicted octanol–water partition coefficient (Wildman–Crippen LogP) is 5.00. The Morgan fingerprint density at radius 1 is 1.15 bits per heavy atom. The van der Waals surface area contributed by atoms with Gasteiger partial charge in [0, 0.05) is 17.5 Å². The van der Waals surface area contributed by atoms with Crippen LogP contribution in [0.25, 0.3) is 0 Å². The minimum atomic E-state index is -0.134. The molecule has 0 amide bonds. The molecule has 0 N–H and O–H groups in total. The Balaban J connectivity index is 1.80. The molecule has 2 aromatic rings. The second-order valence-corrected chi connectivity index (χ2v) is 6.46. The van der Waals surface area contributed by atoms with Gasteiger partial charge in [0.1, 0.15) is 5.82 Å². The van der Waals surface area contributed by atoms with E-state index >= 15 is 0 Å². The van der Waals surface area contributed by atoms with Crippen LogP contribution in [0.15, 0.2) is 41.8 Å². The Hall–Kier alpha value is -1.19. The summed E-state index contributed by atoms with van der Waals surface area (Å²) in [7, 11) is 0. The monoisotopic (exact) mass is 289 g/mol. The van der Waals surface area contributed by atoms with Crippen LogP contribution in [0.2, 0.25) is 0 Å². The fourth-order valence-electron chi connectivity index (χ4n) is 3.03. The highest BCUT2D eigenvalue weighted by atomic mass is 32.1. The molecule has 3 heteroatoms. The van der Waals surface area contributed by atoms with Gasteiger partial charge < -0.3 is 0 Å². The molecule has 1 aromatic carbocycles. The van der Waals surface area contributed by atoms with E-state index in [-0.39, 0.29) is 5.82 Å². The second-order valence-electron chi connectivity index (χ2n) is 5.48. The van der Waals surface area contributed by atoms with E-state index in [4.69, 9.17) is 0 Å². The summed E-state index contributed by atoms with van der Waals surface area (Å²) in [5, 5.41) is 2.15. The van der Waals surface area contributed by atoms with Crippen molar-refractivity contribution < 1.29 is 4.39 Å². The smallest absolute Gasteiger partial charge is 0.123 e. The summed E-state index contributed by atoms with van der Waals surface area (Å²) in [5.41, 5.74) is 1.08. The van der Waals surface area contributed by atoms with Crippen LogP contribution in [-0.4, -0.2) is 11.4 Å². The maximum absolute atomic E-state index is 13.4. The number of hydrogen-bond donors (Lipinski definition) is 0. The Bertz CT molecular complexity index is 538. The zero-order valence-electron chi connectivity index (χ0n) is 11.6. The van der Waals surface area contributed by atoms with Crippen LogP contribution in [0.3, 0.4) is 0 Å². The van der Waals surface area contributed by atoms with Crippen molar-refractivity contribution in [2.24, 2.45) is 0 Å². The lowest BCUT2D eigenvalue weighted by Crippen LogP contribution is -2.27. The molecule has 0 unspecified atom stereocenters. The molecule has 0 radical (unpaired) electrons. The molecular weight excluding hydrogens is 269 g/mol. The Morgan fingerprint density at radius 3 is 2.90 bits per heavy atom. The Labute approximate surface area is 124 Å². The average molecular weight is 289 g/mol.